The van der Waals surface area contributed by atoms with Crippen LogP contribution in [0.15, 0.2) is 54.7 Å². The Bertz CT molecular complexity index is 1050. The highest BCUT2D eigenvalue weighted by atomic mass is 19.1. The summed E-state index contributed by atoms with van der Waals surface area (Å²) in [4.78, 5) is 22.1. The van der Waals surface area contributed by atoms with Gasteiger partial charge in [-0.05, 0) is 61.7 Å². The van der Waals surface area contributed by atoms with Gasteiger partial charge in [-0.1, -0.05) is 6.07 Å². The summed E-state index contributed by atoms with van der Waals surface area (Å²) >= 11 is 0. The normalized spacial score (nSPS) is 13.5. The number of carbonyl (C=O) groups excluding carboxylic acids is 1. The van der Waals surface area contributed by atoms with E-state index >= 15 is 0 Å². The van der Waals surface area contributed by atoms with Crippen LogP contribution in [0.2, 0.25) is 0 Å². The van der Waals surface area contributed by atoms with Gasteiger partial charge in [0.1, 0.15) is 0 Å². The Hall–Kier alpha value is -3.72. The molecule has 0 saturated carbocycles. The van der Waals surface area contributed by atoms with Crippen molar-refractivity contribution in [1.29, 1.82) is 0 Å². The lowest BCUT2D eigenvalue weighted by Gasteiger charge is -2.28. The fraction of sp³-hybridized carbons (Fsp3) is 0.227. The van der Waals surface area contributed by atoms with Crippen LogP contribution in [0.1, 0.15) is 29.6 Å². The van der Waals surface area contributed by atoms with Gasteiger partial charge < -0.3 is 15.5 Å². The fourth-order valence-electron chi connectivity index (χ4n) is 3.49. The molecular weight excluding hydrogens is 399 g/mol. The predicted octanol–water partition coefficient (Wildman–Crippen LogP) is 4.21. The van der Waals surface area contributed by atoms with Crippen LogP contribution in [0.4, 0.5) is 33.2 Å². The van der Waals surface area contributed by atoms with Gasteiger partial charge in [0.25, 0.3) is 5.91 Å². The number of hydroxylamine groups is 1. The van der Waals surface area contributed by atoms with Crippen LogP contribution in [0.25, 0.3) is 0 Å². The number of hydrogen-bond acceptors (Lipinski definition) is 7. The van der Waals surface area contributed by atoms with E-state index in [4.69, 9.17) is 5.21 Å². The molecule has 0 bridgehead atoms. The molecule has 0 radical (unpaired) electrons. The Labute approximate surface area is 179 Å². The third-order valence-corrected chi connectivity index (χ3v) is 5.08. The first-order valence-corrected chi connectivity index (χ1v) is 10.1. The molecule has 31 heavy (non-hydrogen) atoms. The third kappa shape index (κ3) is 5.07. The Kier molecular flexibility index (Phi) is 6.23. The van der Waals surface area contributed by atoms with Crippen molar-refractivity contribution in [3.8, 4) is 0 Å². The first-order chi connectivity index (χ1) is 15.1. The number of nitrogens with zero attached hydrogens (tertiary/aromatic N) is 3. The smallest absolute Gasteiger partial charge is 0.274 e. The molecule has 1 amide bonds. The number of carbonyl (C=O) groups is 1. The number of nitrogens with one attached hydrogen (secondary N) is 3. The highest BCUT2D eigenvalue weighted by Crippen LogP contribution is 2.24. The molecule has 1 aliphatic rings. The fourth-order valence-corrected chi connectivity index (χ4v) is 3.49. The predicted molar refractivity (Wildman–Crippen MR) is 117 cm³/mol. The Balaban J connectivity index is 1.47. The molecule has 2 heterocycles. The maximum absolute atomic E-state index is 14.2. The first-order valence-electron chi connectivity index (χ1n) is 10.1. The van der Waals surface area contributed by atoms with E-state index in [-0.39, 0.29) is 17.3 Å². The summed E-state index contributed by atoms with van der Waals surface area (Å²) in [6.07, 6.45) is 4.79. The Morgan fingerprint density at radius 2 is 1.77 bits per heavy atom. The molecule has 1 aliphatic heterocycles. The number of hydrogen-bond donors (Lipinski definition) is 4. The van der Waals surface area contributed by atoms with E-state index in [2.05, 4.69) is 25.5 Å². The van der Waals surface area contributed by atoms with E-state index < -0.39 is 11.7 Å². The van der Waals surface area contributed by atoms with E-state index in [0.717, 1.165) is 25.0 Å². The van der Waals surface area contributed by atoms with E-state index in [1.165, 1.54) is 37.1 Å². The molecule has 1 aromatic heterocycles. The van der Waals surface area contributed by atoms with E-state index in [1.807, 2.05) is 24.3 Å². The van der Waals surface area contributed by atoms with Crippen molar-refractivity contribution < 1.29 is 14.4 Å². The maximum atomic E-state index is 14.2. The van der Waals surface area contributed by atoms with Crippen molar-refractivity contribution in [2.24, 2.45) is 0 Å². The quantitative estimate of drug-likeness (QED) is 0.349. The van der Waals surface area contributed by atoms with Crippen molar-refractivity contribution >= 4 is 34.7 Å². The standard InChI is InChI=1S/C22H23FN6O2/c23-19-14-24-22(26-16-7-9-18(10-8-16)29-11-2-1-3-12-29)27-20(19)25-17-6-4-5-15(13-17)21(30)28-31/h4-10,13-14,31H,1-3,11-12H2,(H,28,30)(H2,24,25,26,27). The molecule has 0 unspecified atom stereocenters. The molecule has 4 rings (SSSR count). The molecule has 1 saturated heterocycles. The van der Waals surface area contributed by atoms with Crippen molar-refractivity contribution in [2.75, 3.05) is 28.6 Å². The van der Waals surface area contributed by atoms with Crippen LogP contribution in [0.3, 0.4) is 0 Å². The highest BCUT2D eigenvalue weighted by molar-refractivity contribution is 5.94. The largest absolute Gasteiger partial charge is 0.372 e. The average Bonchev–Trinajstić information content (AvgIpc) is 2.82. The number of amides is 1. The second kappa shape index (κ2) is 9.40. The second-order valence-electron chi connectivity index (χ2n) is 7.26. The van der Waals surface area contributed by atoms with Crippen LogP contribution in [0.5, 0.6) is 0 Å². The van der Waals surface area contributed by atoms with Gasteiger partial charge in [0.05, 0.1) is 6.20 Å². The van der Waals surface area contributed by atoms with E-state index in [0.29, 0.717) is 5.69 Å². The zero-order valence-electron chi connectivity index (χ0n) is 16.8. The summed E-state index contributed by atoms with van der Waals surface area (Å²) in [5.74, 6) is -1.10. The maximum Gasteiger partial charge on any atom is 0.274 e. The summed E-state index contributed by atoms with van der Waals surface area (Å²) in [7, 11) is 0. The highest BCUT2D eigenvalue weighted by Gasteiger charge is 2.12. The van der Waals surface area contributed by atoms with Crippen LogP contribution >= 0.6 is 0 Å². The van der Waals surface area contributed by atoms with Crippen molar-refractivity contribution in [2.45, 2.75) is 19.3 Å². The first kappa shape index (κ1) is 20.5. The molecule has 3 aromatic rings. The molecule has 2 aromatic carbocycles. The van der Waals surface area contributed by atoms with Gasteiger partial charge in [0, 0.05) is 35.7 Å². The van der Waals surface area contributed by atoms with Gasteiger partial charge in [-0.3, -0.25) is 10.0 Å². The number of aromatic nitrogens is 2. The van der Waals surface area contributed by atoms with Gasteiger partial charge in [0.2, 0.25) is 5.95 Å². The number of anilines is 5. The number of benzene rings is 2. The lowest BCUT2D eigenvalue weighted by molar-refractivity contribution is 0.0706. The summed E-state index contributed by atoms with van der Waals surface area (Å²) < 4.78 is 14.2. The SMILES string of the molecule is O=C(NO)c1cccc(Nc2nc(Nc3ccc(N4CCCCC4)cc3)ncc2F)c1. The zero-order valence-corrected chi connectivity index (χ0v) is 16.8. The average molecular weight is 422 g/mol. The topological polar surface area (TPSA) is 102 Å². The Morgan fingerprint density at radius 3 is 2.52 bits per heavy atom. The minimum absolute atomic E-state index is 0.0380. The summed E-state index contributed by atoms with van der Waals surface area (Å²) in [5, 5.41) is 14.7. The van der Waals surface area contributed by atoms with Crippen LogP contribution in [-0.4, -0.2) is 34.2 Å². The van der Waals surface area contributed by atoms with Crippen LogP contribution in [0, 0.1) is 5.82 Å². The summed E-state index contributed by atoms with van der Waals surface area (Å²) in [6.45, 7) is 2.15. The molecule has 9 heteroatoms. The van der Waals surface area contributed by atoms with Crippen LogP contribution in [-0.2, 0) is 0 Å². The minimum atomic E-state index is -0.665. The van der Waals surface area contributed by atoms with E-state index in [9.17, 15) is 9.18 Å². The molecule has 160 valence electrons. The van der Waals surface area contributed by atoms with Gasteiger partial charge >= 0.3 is 0 Å². The molecular formula is C22H23FN6O2. The molecule has 8 nitrogen and oxygen atoms in total. The number of halogens is 1. The van der Waals surface area contributed by atoms with Crippen LogP contribution < -0.4 is 21.0 Å². The molecule has 1 fully saturated rings. The van der Waals surface area contributed by atoms with Crippen molar-refractivity contribution in [1.82, 2.24) is 15.4 Å². The summed E-state index contributed by atoms with van der Waals surface area (Å²) in [5.41, 5.74) is 4.19. The zero-order chi connectivity index (χ0) is 21.6. The van der Waals surface area contributed by atoms with Gasteiger partial charge in [-0.15, -0.1) is 0 Å². The summed E-state index contributed by atoms with van der Waals surface area (Å²) in [6, 6.07) is 14.2. The molecule has 0 atom stereocenters. The Morgan fingerprint density at radius 1 is 1.00 bits per heavy atom. The third-order valence-electron chi connectivity index (χ3n) is 5.08. The van der Waals surface area contributed by atoms with Gasteiger partial charge in [-0.2, -0.15) is 4.98 Å². The number of rotatable bonds is 6. The lowest BCUT2D eigenvalue weighted by Crippen LogP contribution is -2.29. The lowest BCUT2D eigenvalue weighted by atomic mass is 10.1. The minimum Gasteiger partial charge on any atom is -0.372 e. The molecule has 0 aliphatic carbocycles. The van der Waals surface area contributed by atoms with Gasteiger partial charge in [-0.25, -0.2) is 14.9 Å². The van der Waals surface area contributed by atoms with Crippen molar-refractivity contribution in [3.63, 3.8) is 0 Å². The molecule has 4 N–H and O–H groups in total. The second-order valence-corrected chi connectivity index (χ2v) is 7.26. The monoisotopic (exact) mass is 422 g/mol. The van der Waals surface area contributed by atoms with Gasteiger partial charge in [0.15, 0.2) is 11.6 Å². The number of piperidine rings is 1. The molecule has 0 spiro atoms. The van der Waals surface area contributed by atoms with E-state index in [1.54, 1.807) is 17.6 Å². The van der Waals surface area contributed by atoms with Crippen molar-refractivity contribution in [3.05, 3.63) is 66.1 Å².